The summed E-state index contributed by atoms with van der Waals surface area (Å²) in [6, 6.07) is 6.01. The van der Waals surface area contributed by atoms with Crippen molar-refractivity contribution < 1.29 is 14.5 Å². The zero-order chi connectivity index (χ0) is 12.7. The van der Waals surface area contributed by atoms with E-state index < -0.39 is 4.92 Å². The SMILES string of the molecule is COC(Cc1ccc([N+](=O)[O-])cc1)=NNC=O. The van der Waals surface area contributed by atoms with Crippen molar-refractivity contribution in [3.05, 3.63) is 39.9 Å². The lowest BCUT2D eigenvalue weighted by Crippen LogP contribution is -2.12. The topological polar surface area (TPSA) is 93.8 Å². The molecule has 0 aliphatic carbocycles. The van der Waals surface area contributed by atoms with Gasteiger partial charge < -0.3 is 4.74 Å². The summed E-state index contributed by atoms with van der Waals surface area (Å²) in [6.45, 7) is 0. The largest absolute Gasteiger partial charge is 0.483 e. The molecule has 0 bridgehead atoms. The van der Waals surface area contributed by atoms with E-state index in [1.807, 2.05) is 0 Å². The summed E-state index contributed by atoms with van der Waals surface area (Å²) in [5.41, 5.74) is 2.94. The second-order valence-corrected chi connectivity index (χ2v) is 3.06. The number of nitrogens with one attached hydrogen (secondary N) is 1. The third-order valence-corrected chi connectivity index (χ3v) is 1.98. The normalized spacial score (nSPS) is 10.8. The molecule has 7 heteroatoms. The number of methoxy groups -OCH3 is 1. The summed E-state index contributed by atoms with van der Waals surface area (Å²) >= 11 is 0. The van der Waals surface area contributed by atoms with Crippen molar-refractivity contribution >= 4 is 18.0 Å². The number of ether oxygens (including phenoxy) is 1. The van der Waals surface area contributed by atoms with Gasteiger partial charge in [0.15, 0.2) is 0 Å². The third kappa shape index (κ3) is 3.90. The number of non-ortho nitro benzene ring substituents is 1. The predicted molar refractivity (Wildman–Crippen MR) is 60.4 cm³/mol. The number of hydrazone groups is 1. The van der Waals surface area contributed by atoms with Crippen molar-refractivity contribution in [2.45, 2.75) is 6.42 Å². The molecule has 0 fully saturated rings. The maximum absolute atomic E-state index is 10.4. The molecule has 0 saturated heterocycles. The van der Waals surface area contributed by atoms with Crippen molar-refractivity contribution in [1.29, 1.82) is 0 Å². The Morgan fingerprint density at radius 2 is 2.18 bits per heavy atom. The lowest BCUT2D eigenvalue weighted by atomic mass is 10.1. The lowest BCUT2D eigenvalue weighted by molar-refractivity contribution is -0.384. The fourth-order valence-corrected chi connectivity index (χ4v) is 1.17. The van der Waals surface area contributed by atoms with Crippen LogP contribution in [0.4, 0.5) is 5.69 Å². The van der Waals surface area contributed by atoms with E-state index in [0.29, 0.717) is 18.7 Å². The molecule has 0 aliphatic heterocycles. The van der Waals surface area contributed by atoms with Gasteiger partial charge in [0.1, 0.15) is 0 Å². The van der Waals surface area contributed by atoms with E-state index in [1.165, 1.54) is 19.2 Å². The van der Waals surface area contributed by atoms with Crippen LogP contribution in [0.1, 0.15) is 5.56 Å². The third-order valence-electron chi connectivity index (χ3n) is 1.98. The molecule has 0 spiro atoms. The number of benzene rings is 1. The molecule has 0 atom stereocenters. The van der Waals surface area contributed by atoms with Gasteiger partial charge in [0.25, 0.3) is 5.69 Å². The van der Waals surface area contributed by atoms with Crippen molar-refractivity contribution in [1.82, 2.24) is 5.43 Å². The van der Waals surface area contributed by atoms with Gasteiger partial charge in [0, 0.05) is 12.1 Å². The van der Waals surface area contributed by atoms with Crippen LogP contribution in [0.5, 0.6) is 0 Å². The van der Waals surface area contributed by atoms with Crippen molar-refractivity contribution in [3.8, 4) is 0 Å². The number of rotatable bonds is 5. The Hall–Kier alpha value is -2.44. The zero-order valence-electron chi connectivity index (χ0n) is 9.12. The molecule has 0 unspecified atom stereocenters. The van der Waals surface area contributed by atoms with Gasteiger partial charge in [-0.3, -0.25) is 14.9 Å². The molecule has 0 aliphatic rings. The number of hydrogen-bond donors (Lipinski definition) is 1. The smallest absolute Gasteiger partial charge is 0.269 e. The molecule has 1 aromatic carbocycles. The Bertz CT molecular complexity index is 428. The highest BCUT2D eigenvalue weighted by Crippen LogP contribution is 2.12. The Morgan fingerprint density at radius 1 is 1.53 bits per heavy atom. The highest BCUT2D eigenvalue weighted by molar-refractivity contribution is 5.79. The van der Waals surface area contributed by atoms with E-state index in [9.17, 15) is 14.9 Å². The van der Waals surface area contributed by atoms with E-state index >= 15 is 0 Å². The van der Waals surface area contributed by atoms with E-state index in [-0.39, 0.29) is 5.69 Å². The van der Waals surface area contributed by atoms with Gasteiger partial charge in [0.05, 0.1) is 18.5 Å². The number of amides is 1. The Balaban J connectivity index is 2.73. The summed E-state index contributed by atoms with van der Waals surface area (Å²) in [4.78, 5) is 20.0. The van der Waals surface area contributed by atoms with Crippen molar-refractivity contribution in [2.75, 3.05) is 7.11 Å². The number of carbonyl (C=O) groups excluding carboxylic acids is 1. The Kier molecular flexibility index (Phi) is 4.61. The van der Waals surface area contributed by atoms with Crippen LogP contribution in [0.2, 0.25) is 0 Å². The molecule has 90 valence electrons. The van der Waals surface area contributed by atoms with Crippen LogP contribution in [0.15, 0.2) is 29.4 Å². The molecular formula is C10H11N3O4. The van der Waals surface area contributed by atoms with Gasteiger partial charge in [-0.1, -0.05) is 12.1 Å². The van der Waals surface area contributed by atoms with Crippen molar-refractivity contribution in [2.24, 2.45) is 5.10 Å². The minimum Gasteiger partial charge on any atom is -0.483 e. The average Bonchev–Trinajstić information content (AvgIpc) is 2.35. The quantitative estimate of drug-likeness (QED) is 0.270. The number of nitrogens with zero attached hydrogens (tertiary/aromatic N) is 2. The monoisotopic (exact) mass is 237 g/mol. The summed E-state index contributed by atoms with van der Waals surface area (Å²) in [6.07, 6.45) is 0.768. The van der Waals surface area contributed by atoms with Gasteiger partial charge in [-0.2, -0.15) is 0 Å². The van der Waals surface area contributed by atoms with E-state index in [0.717, 1.165) is 5.56 Å². The van der Waals surface area contributed by atoms with E-state index in [1.54, 1.807) is 12.1 Å². The predicted octanol–water partition coefficient (Wildman–Crippen LogP) is 0.843. The standard InChI is InChI=1S/C10H11N3O4/c1-17-10(12-11-7-14)6-8-2-4-9(5-3-8)13(15)16/h2-5,7H,6H2,1H3,(H,11,14). The van der Waals surface area contributed by atoms with Crippen LogP contribution in [0.25, 0.3) is 0 Å². The first-order valence-corrected chi connectivity index (χ1v) is 4.70. The summed E-state index contributed by atoms with van der Waals surface area (Å²) in [7, 11) is 1.43. The first kappa shape index (κ1) is 12.6. The molecule has 0 heterocycles. The Labute approximate surface area is 97.2 Å². The first-order chi connectivity index (χ1) is 8.17. The fourth-order valence-electron chi connectivity index (χ4n) is 1.17. The second-order valence-electron chi connectivity index (χ2n) is 3.06. The number of carbonyl (C=O) groups is 1. The van der Waals surface area contributed by atoms with Crippen LogP contribution < -0.4 is 5.43 Å². The number of hydrogen-bond acceptors (Lipinski definition) is 5. The van der Waals surface area contributed by atoms with Gasteiger partial charge in [0.2, 0.25) is 12.3 Å². The number of nitro benzene ring substituents is 1. The number of nitro groups is 1. The minimum atomic E-state index is -0.469. The van der Waals surface area contributed by atoms with Gasteiger partial charge in [-0.05, 0) is 5.56 Å². The molecule has 0 aromatic heterocycles. The van der Waals surface area contributed by atoms with E-state index in [4.69, 9.17) is 4.74 Å². The average molecular weight is 237 g/mol. The molecule has 1 N–H and O–H groups in total. The fraction of sp³-hybridized carbons (Fsp3) is 0.200. The van der Waals surface area contributed by atoms with Gasteiger partial charge in [-0.25, -0.2) is 5.43 Å². The zero-order valence-corrected chi connectivity index (χ0v) is 9.12. The van der Waals surface area contributed by atoms with Gasteiger partial charge >= 0.3 is 0 Å². The lowest BCUT2D eigenvalue weighted by Gasteiger charge is -2.04. The summed E-state index contributed by atoms with van der Waals surface area (Å²) in [5, 5.41) is 14.1. The van der Waals surface area contributed by atoms with Crippen LogP contribution >= 0.6 is 0 Å². The van der Waals surface area contributed by atoms with Crippen LogP contribution in [-0.4, -0.2) is 24.3 Å². The maximum atomic E-state index is 10.4. The molecule has 7 nitrogen and oxygen atoms in total. The molecule has 17 heavy (non-hydrogen) atoms. The first-order valence-electron chi connectivity index (χ1n) is 4.70. The van der Waals surface area contributed by atoms with E-state index in [2.05, 4.69) is 10.5 Å². The summed E-state index contributed by atoms with van der Waals surface area (Å²) < 4.78 is 4.93. The van der Waals surface area contributed by atoms with Crippen LogP contribution in [-0.2, 0) is 16.0 Å². The minimum absolute atomic E-state index is 0.0238. The Morgan fingerprint density at radius 3 is 2.65 bits per heavy atom. The molecular weight excluding hydrogens is 226 g/mol. The second kappa shape index (κ2) is 6.21. The highest BCUT2D eigenvalue weighted by atomic mass is 16.6. The molecule has 0 saturated carbocycles. The van der Waals surface area contributed by atoms with Crippen molar-refractivity contribution in [3.63, 3.8) is 0 Å². The highest BCUT2D eigenvalue weighted by Gasteiger charge is 2.06. The van der Waals surface area contributed by atoms with Gasteiger partial charge in [-0.15, -0.1) is 5.10 Å². The summed E-state index contributed by atoms with van der Waals surface area (Å²) in [5.74, 6) is 0.311. The molecule has 1 rings (SSSR count). The molecule has 1 aromatic rings. The van der Waals surface area contributed by atoms with Crippen LogP contribution in [0.3, 0.4) is 0 Å². The molecule has 0 radical (unpaired) electrons. The maximum Gasteiger partial charge on any atom is 0.269 e. The molecule has 1 amide bonds. The van der Waals surface area contributed by atoms with Crippen LogP contribution in [0, 0.1) is 10.1 Å².